The highest BCUT2D eigenvalue weighted by Gasteiger charge is 2.28. The van der Waals surface area contributed by atoms with Crippen LogP contribution in [0.15, 0.2) is 24.4 Å². The van der Waals surface area contributed by atoms with Gasteiger partial charge in [-0.05, 0) is 38.3 Å². The van der Waals surface area contributed by atoms with Crippen LogP contribution < -0.4 is 11.1 Å². The van der Waals surface area contributed by atoms with Crippen LogP contribution in [0, 0.1) is 5.92 Å². The molecule has 17 heavy (non-hydrogen) atoms. The molecule has 1 fully saturated rings. The van der Waals surface area contributed by atoms with E-state index in [1.54, 1.807) is 6.20 Å². The van der Waals surface area contributed by atoms with E-state index in [1.165, 1.54) is 0 Å². The summed E-state index contributed by atoms with van der Waals surface area (Å²) in [5.74, 6) is 0.187. The van der Waals surface area contributed by atoms with E-state index in [9.17, 15) is 4.79 Å². The fourth-order valence-electron chi connectivity index (χ4n) is 2.29. The van der Waals surface area contributed by atoms with Gasteiger partial charge in [0.15, 0.2) is 0 Å². The Morgan fingerprint density at radius 3 is 2.94 bits per heavy atom. The molecule has 4 nitrogen and oxygen atoms in total. The van der Waals surface area contributed by atoms with Crippen LogP contribution in [0.1, 0.15) is 37.9 Å². The highest BCUT2D eigenvalue weighted by Crippen LogP contribution is 2.24. The summed E-state index contributed by atoms with van der Waals surface area (Å²) in [6.45, 7) is 1.95. The molecule has 92 valence electrons. The number of nitrogens with zero attached hydrogens (tertiary/aromatic N) is 1. The van der Waals surface area contributed by atoms with Crippen LogP contribution in [-0.4, -0.2) is 16.9 Å². The van der Waals surface area contributed by atoms with Gasteiger partial charge in [-0.25, -0.2) is 0 Å². The summed E-state index contributed by atoms with van der Waals surface area (Å²) in [6.07, 6.45) is 4.40. The molecule has 1 aromatic heterocycles. The number of hydrogen-bond donors (Lipinski definition) is 2. The van der Waals surface area contributed by atoms with Crippen LogP contribution in [0.5, 0.6) is 0 Å². The van der Waals surface area contributed by atoms with Crippen LogP contribution in [0.2, 0.25) is 0 Å². The van der Waals surface area contributed by atoms with Crippen LogP contribution in [0.25, 0.3) is 0 Å². The molecule has 0 aliphatic heterocycles. The van der Waals surface area contributed by atoms with E-state index in [1.807, 2.05) is 25.1 Å². The maximum absolute atomic E-state index is 12.0. The molecule has 1 saturated carbocycles. The maximum atomic E-state index is 12.0. The van der Waals surface area contributed by atoms with Gasteiger partial charge in [0.05, 0.1) is 11.7 Å². The molecular weight excluding hydrogens is 214 g/mol. The third-order valence-electron chi connectivity index (χ3n) is 3.33. The minimum Gasteiger partial charge on any atom is -0.348 e. The molecule has 1 heterocycles. The lowest BCUT2D eigenvalue weighted by atomic mass is 10.1. The molecule has 3 N–H and O–H groups in total. The normalized spacial score (nSPS) is 25.5. The van der Waals surface area contributed by atoms with E-state index in [-0.39, 0.29) is 23.9 Å². The Labute approximate surface area is 102 Å². The maximum Gasteiger partial charge on any atom is 0.223 e. The second-order valence-electron chi connectivity index (χ2n) is 4.75. The van der Waals surface area contributed by atoms with Gasteiger partial charge in [0.2, 0.25) is 5.91 Å². The number of carbonyl (C=O) groups excluding carboxylic acids is 1. The van der Waals surface area contributed by atoms with Crippen molar-refractivity contribution in [3.8, 4) is 0 Å². The molecule has 1 aliphatic rings. The Hall–Kier alpha value is -1.42. The number of aromatic nitrogens is 1. The van der Waals surface area contributed by atoms with E-state index in [4.69, 9.17) is 5.73 Å². The topological polar surface area (TPSA) is 68.0 Å². The zero-order valence-electron chi connectivity index (χ0n) is 10.1. The van der Waals surface area contributed by atoms with Crippen molar-refractivity contribution in [1.82, 2.24) is 10.3 Å². The van der Waals surface area contributed by atoms with Crippen LogP contribution >= 0.6 is 0 Å². The van der Waals surface area contributed by atoms with E-state index in [0.29, 0.717) is 0 Å². The molecule has 2 unspecified atom stereocenters. The van der Waals surface area contributed by atoms with Gasteiger partial charge in [-0.15, -0.1) is 0 Å². The highest BCUT2D eigenvalue weighted by atomic mass is 16.1. The molecule has 0 bridgehead atoms. The van der Waals surface area contributed by atoms with Crippen molar-refractivity contribution < 1.29 is 4.79 Å². The molecule has 1 amide bonds. The number of pyridine rings is 1. The van der Waals surface area contributed by atoms with Crippen molar-refractivity contribution >= 4 is 5.91 Å². The third-order valence-corrected chi connectivity index (χ3v) is 3.33. The van der Waals surface area contributed by atoms with Gasteiger partial charge in [0, 0.05) is 18.2 Å². The molecule has 1 aromatic rings. The van der Waals surface area contributed by atoms with Gasteiger partial charge in [-0.2, -0.15) is 0 Å². The lowest BCUT2D eigenvalue weighted by molar-refractivity contribution is -0.125. The highest BCUT2D eigenvalue weighted by molar-refractivity contribution is 5.79. The molecular formula is C13H19N3O. The number of hydrogen-bond acceptors (Lipinski definition) is 3. The molecule has 3 atom stereocenters. The standard InChI is InChI=1S/C13H19N3O/c1-9(12-4-2-3-7-15-12)16-13(17)10-5-6-11(14)8-10/h2-4,7,9-11H,5-6,8,14H2,1H3,(H,16,17)/t9-,10?,11?/m1/s1. The van der Waals surface area contributed by atoms with E-state index < -0.39 is 0 Å². The molecule has 0 saturated heterocycles. The number of rotatable bonds is 3. The molecule has 2 rings (SSSR count). The molecule has 0 spiro atoms. The molecule has 4 heteroatoms. The zero-order chi connectivity index (χ0) is 12.3. The van der Waals surface area contributed by atoms with Gasteiger partial charge in [0.1, 0.15) is 0 Å². The van der Waals surface area contributed by atoms with E-state index in [2.05, 4.69) is 10.3 Å². The summed E-state index contributed by atoms with van der Waals surface area (Å²) in [7, 11) is 0. The van der Waals surface area contributed by atoms with Gasteiger partial charge < -0.3 is 11.1 Å². The van der Waals surface area contributed by atoms with Crippen molar-refractivity contribution in [3.63, 3.8) is 0 Å². The third kappa shape index (κ3) is 3.03. The Morgan fingerprint density at radius 2 is 2.35 bits per heavy atom. The summed E-state index contributed by atoms with van der Waals surface area (Å²) >= 11 is 0. The Morgan fingerprint density at radius 1 is 1.53 bits per heavy atom. The summed E-state index contributed by atoms with van der Waals surface area (Å²) in [4.78, 5) is 16.2. The summed E-state index contributed by atoms with van der Waals surface area (Å²) in [5, 5.41) is 3.00. The quantitative estimate of drug-likeness (QED) is 0.829. The average Bonchev–Trinajstić information content (AvgIpc) is 2.77. The summed E-state index contributed by atoms with van der Waals surface area (Å²) in [6, 6.07) is 5.87. The predicted molar refractivity (Wildman–Crippen MR) is 66.1 cm³/mol. The van der Waals surface area contributed by atoms with Crippen molar-refractivity contribution in [2.45, 2.75) is 38.3 Å². The first kappa shape index (κ1) is 12.0. The smallest absolute Gasteiger partial charge is 0.223 e. The molecule has 0 aromatic carbocycles. The summed E-state index contributed by atoms with van der Waals surface area (Å²) < 4.78 is 0. The van der Waals surface area contributed by atoms with Gasteiger partial charge >= 0.3 is 0 Å². The minimum absolute atomic E-state index is 0.0412. The Balaban J connectivity index is 1.91. The zero-order valence-corrected chi connectivity index (χ0v) is 10.1. The number of carbonyl (C=O) groups is 1. The van der Waals surface area contributed by atoms with Gasteiger partial charge in [0.25, 0.3) is 0 Å². The second kappa shape index (κ2) is 5.27. The van der Waals surface area contributed by atoms with Gasteiger partial charge in [-0.1, -0.05) is 6.07 Å². The molecule has 0 radical (unpaired) electrons. The van der Waals surface area contributed by atoms with Crippen molar-refractivity contribution in [2.24, 2.45) is 11.7 Å². The van der Waals surface area contributed by atoms with E-state index >= 15 is 0 Å². The van der Waals surface area contributed by atoms with E-state index in [0.717, 1.165) is 25.0 Å². The minimum atomic E-state index is -0.0412. The Bertz CT molecular complexity index is 380. The molecule has 1 aliphatic carbocycles. The first-order valence-electron chi connectivity index (χ1n) is 6.13. The summed E-state index contributed by atoms with van der Waals surface area (Å²) in [5.41, 5.74) is 6.70. The van der Waals surface area contributed by atoms with Crippen LogP contribution in [0.3, 0.4) is 0 Å². The van der Waals surface area contributed by atoms with Crippen LogP contribution in [0.4, 0.5) is 0 Å². The second-order valence-corrected chi connectivity index (χ2v) is 4.75. The predicted octanol–water partition coefficient (Wildman–Crippen LogP) is 1.39. The number of nitrogens with two attached hydrogens (primary N) is 1. The van der Waals surface area contributed by atoms with Gasteiger partial charge in [-0.3, -0.25) is 9.78 Å². The van der Waals surface area contributed by atoms with Crippen LogP contribution in [-0.2, 0) is 4.79 Å². The largest absolute Gasteiger partial charge is 0.348 e. The lowest BCUT2D eigenvalue weighted by Crippen LogP contribution is -2.32. The monoisotopic (exact) mass is 233 g/mol. The number of nitrogens with one attached hydrogen (secondary N) is 1. The van der Waals surface area contributed by atoms with Crippen molar-refractivity contribution in [1.29, 1.82) is 0 Å². The number of amides is 1. The lowest BCUT2D eigenvalue weighted by Gasteiger charge is -2.16. The SMILES string of the molecule is C[C@@H](NC(=O)C1CCC(N)C1)c1ccccn1. The fraction of sp³-hybridized carbons (Fsp3) is 0.538. The first-order chi connectivity index (χ1) is 8.16. The first-order valence-corrected chi connectivity index (χ1v) is 6.13. The Kier molecular flexibility index (Phi) is 3.74. The fourth-order valence-corrected chi connectivity index (χ4v) is 2.29. The van der Waals surface area contributed by atoms with Crippen molar-refractivity contribution in [3.05, 3.63) is 30.1 Å². The van der Waals surface area contributed by atoms with Crippen molar-refractivity contribution in [2.75, 3.05) is 0 Å². The average molecular weight is 233 g/mol.